The first-order valence-corrected chi connectivity index (χ1v) is 8.24. The topological polar surface area (TPSA) is 120 Å². The molecule has 9 heteroatoms. The van der Waals surface area contributed by atoms with Crippen LogP contribution in [-0.4, -0.2) is 31.8 Å². The number of sulfonamides is 1. The number of hydrogen-bond donors (Lipinski definition) is 4. The lowest BCUT2D eigenvalue weighted by Crippen LogP contribution is -2.42. The molecule has 0 bridgehead atoms. The fourth-order valence-electron chi connectivity index (χ4n) is 1.71. The Morgan fingerprint density at radius 1 is 1.00 bits per heavy atom. The predicted octanol–water partition coefficient (Wildman–Crippen LogP) is 0.144. The number of H-pyrrole nitrogens is 1. The molecule has 0 unspecified atom stereocenters. The molecule has 1 aromatic heterocycles. The van der Waals surface area contributed by atoms with Crippen LogP contribution in [0.25, 0.3) is 0 Å². The molecule has 0 aliphatic heterocycles. The minimum absolute atomic E-state index is 0.0819. The van der Waals surface area contributed by atoms with Crippen LogP contribution in [0.4, 0.5) is 0 Å². The van der Waals surface area contributed by atoms with Gasteiger partial charge in [-0.15, -0.1) is 0 Å². The van der Waals surface area contributed by atoms with E-state index in [2.05, 4.69) is 20.6 Å². The van der Waals surface area contributed by atoms with E-state index in [9.17, 15) is 18.0 Å². The first-order chi connectivity index (χ1) is 11.0. The Balaban J connectivity index is 1.74. The van der Waals surface area contributed by atoms with Gasteiger partial charge in [0.1, 0.15) is 5.69 Å². The minimum Gasteiger partial charge on any atom is -0.357 e. The molecule has 4 N–H and O–H groups in total. The summed E-state index contributed by atoms with van der Waals surface area (Å²) in [5.74, 6) is -1.01. The van der Waals surface area contributed by atoms with Crippen molar-refractivity contribution < 1.29 is 18.0 Å². The Morgan fingerprint density at radius 3 is 2.39 bits per heavy atom. The third-order valence-corrected chi connectivity index (χ3v) is 4.33. The van der Waals surface area contributed by atoms with E-state index in [0.29, 0.717) is 5.69 Å². The summed E-state index contributed by atoms with van der Waals surface area (Å²) >= 11 is 0. The maximum absolute atomic E-state index is 11.9. The zero-order chi connectivity index (χ0) is 16.7. The van der Waals surface area contributed by atoms with Crippen molar-refractivity contribution in [1.82, 2.24) is 20.6 Å². The van der Waals surface area contributed by atoms with E-state index < -0.39 is 21.8 Å². The Kier molecular flexibility index (Phi) is 5.50. The molecule has 0 saturated heterocycles. The highest BCUT2D eigenvalue weighted by molar-refractivity contribution is 7.89. The van der Waals surface area contributed by atoms with Gasteiger partial charge in [-0.2, -0.15) is 0 Å². The van der Waals surface area contributed by atoms with Crippen molar-refractivity contribution in [3.05, 3.63) is 54.4 Å². The molecule has 1 aromatic carbocycles. The standard InChI is InChI=1S/C14H16N4O4S/c19-13(17-18-14(20)12-7-4-9-15-12)8-10-16-23(21,22)11-5-2-1-3-6-11/h1-7,9,15-16H,8,10H2,(H,17,19)(H,18,20). The van der Waals surface area contributed by atoms with Gasteiger partial charge in [-0.3, -0.25) is 20.4 Å². The monoisotopic (exact) mass is 336 g/mol. The second-order valence-corrected chi connectivity index (χ2v) is 6.31. The summed E-state index contributed by atoms with van der Waals surface area (Å²) in [5.41, 5.74) is 4.72. The van der Waals surface area contributed by atoms with E-state index >= 15 is 0 Å². The van der Waals surface area contributed by atoms with Gasteiger partial charge in [0.15, 0.2) is 0 Å². The Morgan fingerprint density at radius 2 is 1.74 bits per heavy atom. The molecular weight excluding hydrogens is 320 g/mol. The number of carbonyl (C=O) groups excluding carboxylic acids is 2. The lowest BCUT2D eigenvalue weighted by atomic mass is 10.4. The average Bonchev–Trinajstić information content (AvgIpc) is 3.08. The summed E-state index contributed by atoms with van der Waals surface area (Å²) < 4.78 is 26.2. The van der Waals surface area contributed by atoms with Gasteiger partial charge in [0, 0.05) is 19.2 Å². The molecular formula is C14H16N4O4S. The zero-order valence-electron chi connectivity index (χ0n) is 12.1. The van der Waals surface area contributed by atoms with Crippen molar-refractivity contribution in [1.29, 1.82) is 0 Å². The van der Waals surface area contributed by atoms with Crippen LogP contribution in [0, 0.1) is 0 Å². The predicted molar refractivity (Wildman–Crippen MR) is 82.6 cm³/mol. The number of amides is 2. The molecule has 1 heterocycles. The molecule has 2 aromatic rings. The molecule has 0 fully saturated rings. The second-order valence-electron chi connectivity index (χ2n) is 4.55. The number of aromatic nitrogens is 1. The molecule has 122 valence electrons. The highest BCUT2D eigenvalue weighted by Gasteiger charge is 2.13. The van der Waals surface area contributed by atoms with Crippen LogP contribution in [-0.2, 0) is 14.8 Å². The Hall–Kier alpha value is -2.65. The van der Waals surface area contributed by atoms with Crippen LogP contribution in [0.5, 0.6) is 0 Å². The van der Waals surface area contributed by atoms with Crippen LogP contribution in [0.1, 0.15) is 16.9 Å². The first-order valence-electron chi connectivity index (χ1n) is 6.76. The normalized spacial score (nSPS) is 11.0. The Labute approximate surface area is 133 Å². The number of benzene rings is 1. The average molecular weight is 336 g/mol. The van der Waals surface area contributed by atoms with Crippen molar-refractivity contribution in [2.45, 2.75) is 11.3 Å². The van der Waals surface area contributed by atoms with Crippen LogP contribution >= 0.6 is 0 Å². The summed E-state index contributed by atoms with van der Waals surface area (Å²) in [6.45, 7) is -0.0819. The lowest BCUT2D eigenvalue weighted by Gasteiger charge is -2.08. The van der Waals surface area contributed by atoms with E-state index in [4.69, 9.17) is 0 Å². The molecule has 8 nitrogen and oxygen atoms in total. The summed E-state index contributed by atoms with van der Waals surface area (Å²) in [5, 5.41) is 0. The molecule has 0 saturated carbocycles. The van der Waals surface area contributed by atoms with Crippen molar-refractivity contribution >= 4 is 21.8 Å². The van der Waals surface area contributed by atoms with E-state index in [1.54, 1.807) is 36.5 Å². The van der Waals surface area contributed by atoms with Crippen LogP contribution in [0.15, 0.2) is 53.6 Å². The quantitative estimate of drug-likeness (QED) is 0.561. The van der Waals surface area contributed by atoms with Gasteiger partial charge in [-0.05, 0) is 24.3 Å². The molecule has 0 atom stereocenters. The number of carbonyl (C=O) groups is 2. The van der Waals surface area contributed by atoms with Crippen LogP contribution < -0.4 is 15.6 Å². The summed E-state index contributed by atoms with van der Waals surface area (Å²) in [4.78, 5) is 25.9. The van der Waals surface area contributed by atoms with Gasteiger partial charge in [0.25, 0.3) is 5.91 Å². The highest BCUT2D eigenvalue weighted by atomic mass is 32.2. The van der Waals surface area contributed by atoms with Gasteiger partial charge in [-0.1, -0.05) is 18.2 Å². The van der Waals surface area contributed by atoms with Crippen molar-refractivity contribution in [2.24, 2.45) is 0 Å². The molecule has 0 radical (unpaired) electrons. The van der Waals surface area contributed by atoms with Gasteiger partial charge < -0.3 is 4.98 Å². The summed E-state index contributed by atoms with van der Waals surface area (Å²) in [6.07, 6.45) is 1.46. The molecule has 23 heavy (non-hydrogen) atoms. The van der Waals surface area contributed by atoms with E-state index in [-0.39, 0.29) is 17.9 Å². The fraction of sp³-hybridized carbons (Fsp3) is 0.143. The minimum atomic E-state index is -3.65. The maximum Gasteiger partial charge on any atom is 0.286 e. The second kappa shape index (κ2) is 7.56. The summed E-state index contributed by atoms with van der Waals surface area (Å²) in [7, 11) is -3.65. The SMILES string of the molecule is O=C(CCNS(=O)(=O)c1ccccc1)NNC(=O)c1ccc[nH]1. The Bertz CT molecular complexity index is 757. The van der Waals surface area contributed by atoms with Gasteiger partial charge in [-0.25, -0.2) is 13.1 Å². The van der Waals surface area contributed by atoms with Gasteiger partial charge >= 0.3 is 0 Å². The number of rotatable bonds is 6. The van der Waals surface area contributed by atoms with Crippen molar-refractivity contribution in [3.63, 3.8) is 0 Å². The van der Waals surface area contributed by atoms with Crippen molar-refractivity contribution in [2.75, 3.05) is 6.54 Å². The third-order valence-electron chi connectivity index (χ3n) is 2.86. The number of nitrogens with one attached hydrogen (secondary N) is 4. The fourth-order valence-corrected chi connectivity index (χ4v) is 2.76. The van der Waals surface area contributed by atoms with Gasteiger partial charge in [0.2, 0.25) is 15.9 Å². The molecule has 0 spiro atoms. The maximum atomic E-state index is 11.9. The smallest absolute Gasteiger partial charge is 0.286 e. The third kappa shape index (κ3) is 4.94. The molecule has 0 aliphatic carbocycles. The largest absolute Gasteiger partial charge is 0.357 e. The number of hydrogen-bond acceptors (Lipinski definition) is 4. The van der Waals surface area contributed by atoms with E-state index in [0.717, 1.165) is 0 Å². The number of hydrazine groups is 1. The summed E-state index contributed by atoms with van der Waals surface area (Å²) in [6, 6.07) is 11.0. The van der Waals surface area contributed by atoms with Crippen LogP contribution in [0.2, 0.25) is 0 Å². The zero-order valence-corrected chi connectivity index (χ0v) is 12.9. The molecule has 0 aliphatic rings. The van der Waals surface area contributed by atoms with E-state index in [1.165, 1.54) is 12.1 Å². The lowest BCUT2D eigenvalue weighted by molar-refractivity contribution is -0.121. The first kappa shape index (κ1) is 16.7. The van der Waals surface area contributed by atoms with Gasteiger partial charge in [0.05, 0.1) is 4.90 Å². The highest BCUT2D eigenvalue weighted by Crippen LogP contribution is 2.06. The molecule has 2 amide bonds. The molecule has 2 rings (SSSR count). The number of aromatic amines is 1. The van der Waals surface area contributed by atoms with Crippen LogP contribution in [0.3, 0.4) is 0 Å². The van der Waals surface area contributed by atoms with E-state index in [1.807, 2.05) is 0 Å². The van der Waals surface area contributed by atoms with Crippen molar-refractivity contribution in [3.8, 4) is 0 Å².